The van der Waals surface area contributed by atoms with Crippen LogP contribution in [0.2, 0.25) is 5.02 Å². The van der Waals surface area contributed by atoms with E-state index < -0.39 is 0 Å². The molecule has 0 saturated carbocycles. The molecule has 2 heterocycles. The van der Waals surface area contributed by atoms with Crippen LogP contribution in [0.4, 0.5) is 5.69 Å². The Morgan fingerprint density at radius 2 is 1.80 bits per heavy atom. The third kappa shape index (κ3) is 4.53. The van der Waals surface area contributed by atoms with Gasteiger partial charge < -0.3 is 5.32 Å². The van der Waals surface area contributed by atoms with Crippen molar-refractivity contribution in [1.82, 2.24) is 19.7 Å². The SMILES string of the molecule is Cc1ccccc1NC(=O)CSc1nnc(-c2ccccn2)n1-c1ccc(Cl)cc1. The van der Waals surface area contributed by atoms with Gasteiger partial charge in [0.05, 0.1) is 5.75 Å². The monoisotopic (exact) mass is 435 g/mol. The van der Waals surface area contributed by atoms with E-state index in [-0.39, 0.29) is 11.7 Å². The van der Waals surface area contributed by atoms with E-state index in [2.05, 4.69) is 20.5 Å². The summed E-state index contributed by atoms with van der Waals surface area (Å²) in [7, 11) is 0. The molecule has 0 unspecified atom stereocenters. The number of halogens is 1. The fraction of sp³-hybridized carbons (Fsp3) is 0.0909. The van der Waals surface area contributed by atoms with E-state index in [0.717, 1.165) is 16.9 Å². The Bertz CT molecular complexity index is 1160. The molecule has 8 heteroatoms. The first kappa shape index (κ1) is 20.1. The summed E-state index contributed by atoms with van der Waals surface area (Å²) in [5, 5.41) is 12.8. The zero-order valence-corrected chi connectivity index (χ0v) is 17.7. The number of rotatable bonds is 6. The van der Waals surface area contributed by atoms with Crippen LogP contribution in [0.25, 0.3) is 17.2 Å². The fourth-order valence-corrected chi connectivity index (χ4v) is 3.75. The number of hydrogen-bond donors (Lipinski definition) is 1. The summed E-state index contributed by atoms with van der Waals surface area (Å²) in [5.74, 6) is 0.682. The molecule has 0 fully saturated rings. The summed E-state index contributed by atoms with van der Waals surface area (Å²) in [6, 6.07) is 20.7. The molecule has 0 aliphatic carbocycles. The first-order valence-electron chi connectivity index (χ1n) is 9.23. The highest BCUT2D eigenvalue weighted by molar-refractivity contribution is 7.99. The standard InChI is InChI=1S/C22H18ClN5OS/c1-15-6-2-3-7-18(15)25-20(29)14-30-22-27-26-21(19-8-4-5-13-24-19)28(22)17-11-9-16(23)10-12-17/h2-13H,14H2,1H3,(H,25,29). The summed E-state index contributed by atoms with van der Waals surface area (Å²) in [5.41, 5.74) is 3.34. The van der Waals surface area contributed by atoms with Crippen molar-refractivity contribution in [2.45, 2.75) is 12.1 Å². The smallest absolute Gasteiger partial charge is 0.234 e. The Kier molecular flexibility index (Phi) is 6.11. The van der Waals surface area contributed by atoms with Crippen LogP contribution in [0.3, 0.4) is 0 Å². The van der Waals surface area contributed by atoms with E-state index in [9.17, 15) is 4.79 Å². The van der Waals surface area contributed by atoms with Gasteiger partial charge in [0.2, 0.25) is 5.91 Å². The van der Waals surface area contributed by atoms with Gasteiger partial charge in [-0.1, -0.05) is 47.6 Å². The number of para-hydroxylation sites is 1. The van der Waals surface area contributed by atoms with Crippen molar-refractivity contribution in [2.75, 3.05) is 11.1 Å². The molecule has 0 radical (unpaired) electrons. The molecule has 0 bridgehead atoms. The Hall–Kier alpha value is -3.16. The summed E-state index contributed by atoms with van der Waals surface area (Å²) in [6.45, 7) is 1.96. The topological polar surface area (TPSA) is 72.7 Å². The van der Waals surface area contributed by atoms with Crippen molar-refractivity contribution >= 4 is 35.0 Å². The van der Waals surface area contributed by atoms with E-state index in [4.69, 9.17) is 11.6 Å². The van der Waals surface area contributed by atoms with Crippen LogP contribution < -0.4 is 5.32 Å². The van der Waals surface area contributed by atoms with Gasteiger partial charge in [-0.15, -0.1) is 10.2 Å². The van der Waals surface area contributed by atoms with Gasteiger partial charge in [-0.05, 0) is 55.0 Å². The molecule has 6 nitrogen and oxygen atoms in total. The van der Waals surface area contributed by atoms with Crippen LogP contribution >= 0.6 is 23.4 Å². The predicted molar refractivity (Wildman–Crippen MR) is 120 cm³/mol. The maximum atomic E-state index is 12.5. The van der Waals surface area contributed by atoms with Crippen LogP contribution in [-0.2, 0) is 4.79 Å². The molecule has 4 rings (SSSR count). The molecule has 0 aliphatic rings. The van der Waals surface area contributed by atoms with Gasteiger partial charge >= 0.3 is 0 Å². The molecule has 0 aliphatic heterocycles. The third-order valence-corrected chi connectivity index (χ3v) is 5.54. The van der Waals surface area contributed by atoms with Crippen LogP contribution in [0, 0.1) is 6.92 Å². The number of anilines is 1. The first-order chi connectivity index (χ1) is 14.6. The van der Waals surface area contributed by atoms with Crippen molar-refractivity contribution in [3.05, 3.63) is 83.5 Å². The number of hydrogen-bond acceptors (Lipinski definition) is 5. The molecule has 1 N–H and O–H groups in total. The van der Waals surface area contributed by atoms with E-state index >= 15 is 0 Å². The minimum atomic E-state index is -0.112. The Morgan fingerprint density at radius 3 is 2.53 bits per heavy atom. The van der Waals surface area contributed by atoms with Gasteiger partial charge in [0, 0.05) is 22.6 Å². The van der Waals surface area contributed by atoms with Crippen LogP contribution in [0.1, 0.15) is 5.56 Å². The number of nitrogens with zero attached hydrogens (tertiary/aromatic N) is 4. The second-order valence-corrected chi connectivity index (χ2v) is 7.86. The maximum Gasteiger partial charge on any atom is 0.234 e. The van der Waals surface area contributed by atoms with E-state index in [1.807, 2.05) is 66.1 Å². The minimum absolute atomic E-state index is 0.112. The Balaban J connectivity index is 1.60. The second-order valence-electron chi connectivity index (χ2n) is 6.48. The zero-order chi connectivity index (χ0) is 20.9. The highest BCUT2D eigenvalue weighted by Crippen LogP contribution is 2.28. The van der Waals surface area contributed by atoms with Gasteiger partial charge in [-0.2, -0.15) is 0 Å². The Morgan fingerprint density at radius 1 is 1.03 bits per heavy atom. The van der Waals surface area contributed by atoms with Crippen LogP contribution in [0.15, 0.2) is 78.1 Å². The molecule has 2 aromatic heterocycles. The van der Waals surface area contributed by atoms with Crippen LogP contribution in [0.5, 0.6) is 0 Å². The molecule has 0 saturated heterocycles. The number of pyridine rings is 1. The average Bonchev–Trinajstić information content (AvgIpc) is 3.19. The third-order valence-electron chi connectivity index (χ3n) is 4.36. The van der Waals surface area contributed by atoms with E-state index in [0.29, 0.717) is 21.7 Å². The second kappa shape index (κ2) is 9.11. The number of nitrogens with one attached hydrogen (secondary N) is 1. The lowest BCUT2D eigenvalue weighted by molar-refractivity contribution is -0.113. The lowest BCUT2D eigenvalue weighted by atomic mass is 10.2. The number of carbonyl (C=O) groups excluding carboxylic acids is 1. The molecule has 30 heavy (non-hydrogen) atoms. The molecule has 1 amide bonds. The van der Waals surface area contributed by atoms with Gasteiger partial charge in [-0.3, -0.25) is 14.3 Å². The number of amides is 1. The van der Waals surface area contributed by atoms with Crippen molar-refractivity contribution < 1.29 is 4.79 Å². The largest absolute Gasteiger partial charge is 0.325 e. The number of aromatic nitrogens is 4. The van der Waals surface area contributed by atoms with Crippen molar-refractivity contribution in [2.24, 2.45) is 0 Å². The molecule has 0 spiro atoms. The summed E-state index contributed by atoms with van der Waals surface area (Å²) in [4.78, 5) is 16.9. The van der Waals surface area contributed by atoms with E-state index in [1.54, 1.807) is 18.3 Å². The molecular formula is C22H18ClN5OS. The van der Waals surface area contributed by atoms with Gasteiger partial charge in [0.15, 0.2) is 11.0 Å². The summed E-state index contributed by atoms with van der Waals surface area (Å²) in [6.07, 6.45) is 1.71. The fourth-order valence-electron chi connectivity index (χ4n) is 2.88. The number of aryl methyl sites for hydroxylation is 1. The lowest BCUT2D eigenvalue weighted by Gasteiger charge is -2.11. The van der Waals surface area contributed by atoms with Crippen LogP contribution in [-0.4, -0.2) is 31.4 Å². The quantitative estimate of drug-likeness (QED) is 0.430. The van der Waals surface area contributed by atoms with E-state index in [1.165, 1.54) is 11.8 Å². The molecule has 4 aromatic rings. The van der Waals surface area contributed by atoms with Gasteiger partial charge in [0.1, 0.15) is 5.69 Å². The number of carbonyl (C=O) groups is 1. The molecular weight excluding hydrogens is 418 g/mol. The predicted octanol–water partition coefficient (Wildman–Crippen LogP) is 5.02. The minimum Gasteiger partial charge on any atom is -0.325 e. The summed E-state index contributed by atoms with van der Waals surface area (Å²) < 4.78 is 1.88. The van der Waals surface area contributed by atoms with Gasteiger partial charge in [-0.25, -0.2) is 0 Å². The van der Waals surface area contributed by atoms with Crippen molar-refractivity contribution in [3.8, 4) is 17.2 Å². The highest BCUT2D eigenvalue weighted by atomic mass is 35.5. The summed E-state index contributed by atoms with van der Waals surface area (Å²) >= 11 is 7.36. The Labute approximate surface area is 183 Å². The zero-order valence-electron chi connectivity index (χ0n) is 16.1. The maximum absolute atomic E-state index is 12.5. The number of benzene rings is 2. The van der Waals surface area contributed by atoms with Crippen molar-refractivity contribution in [3.63, 3.8) is 0 Å². The average molecular weight is 436 g/mol. The lowest BCUT2D eigenvalue weighted by Crippen LogP contribution is -2.15. The van der Waals surface area contributed by atoms with Crippen molar-refractivity contribution in [1.29, 1.82) is 0 Å². The molecule has 150 valence electrons. The first-order valence-corrected chi connectivity index (χ1v) is 10.6. The van der Waals surface area contributed by atoms with Gasteiger partial charge in [0.25, 0.3) is 0 Å². The normalized spacial score (nSPS) is 10.7. The molecule has 0 atom stereocenters. The highest BCUT2D eigenvalue weighted by Gasteiger charge is 2.18. The number of thioether (sulfide) groups is 1. The molecule has 2 aromatic carbocycles.